The van der Waals surface area contributed by atoms with Crippen molar-refractivity contribution < 1.29 is 9.15 Å². The number of methoxy groups -OCH3 is 1. The summed E-state index contributed by atoms with van der Waals surface area (Å²) in [6.45, 7) is 0. The molecule has 2 rings (SSSR count). The zero-order valence-electron chi connectivity index (χ0n) is 9.74. The molecule has 2 aromatic rings. The average molecular weight is 296 g/mol. The summed E-state index contributed by atoms with van der Waals surface area (Å²) >= 11 is 3.49. The zero-order valence-corrected chi connectivity index (χ0v) is 11.3. The maximum Gasteiger partial charge on any atom is 0.133 e. The number of hydrogen-bond acceptors (Lipinski definition) is 3. The highest BCUT2D eigenvalue weighted by Gasteiger charge is 2.14. The second kappa shape index (κ2) is 5.38. The van der Waals surface area contributed by atoms with E-state index in [1.807, 2.05) is 31.3 Å². The number of rotatable bonds is 4. The topological polar surface area (TPSA) is 34.4 Å². The predicted molar refractivity (Wildman–Crippen MR) is 70.3 cm³/mol. The highest BCUT2D eigenvalue weighted by Crippen LogP contribution is 2.30. The van der Waals surface area contributed by atoms with Crippen molar-refractivity contribution in [3.63, 3.8) is 0 Å². The summed E-state index contributed by atoms with van der Waals surface area (Å²) in [5.41, 5.74) is 2.26. The van der Waals surface area contributed by atoms with Gasteiger partial charge in [0.2, 0.25) is 0 Å². The first kappa shape index (κ1) is 12.2. The molecule has 1 unspecified atom stereocenters. The Bertz CT molecular complexity index is 482. The lowest BCUT2D eigenvalue weighted by Crippen LogP contribution is -2.16. The first-order valence-electron chi connectivity index (χ1n) is 5.29. The molecule has 0 spiro atoms. The lowest BCUT2D eigenvalue weighted by Gasteiger charge is -2.16. The van der Waals surface area contributed by atoms with Crippen molar-refractivity contribution in [3.05, 3.63) is 52.4 Å². The van der Waals surface area contributed by atoms with Gasteiger partial charge in [0.25, 0.3) is 0 Å². The molecule has 0 amide bonds. The normalized spacial score (nSPS) is 12.4. The molecule has 4 heteroatoms. The van der Waals surface area contributed by atoms with E-state index in [0.29, 0.717) is 0 Å². The highest BCUT2D eigenvalue weighted by atomic mass is 79.9. The van der Waals surface area contributed by atoms with Crippen molar-refractivity contribution >= 4 is 15.9 Å². The van der Waals surface area contributed by atoms with Gasteiger partial charge < -0.3 is 14.5 Å². The van der Waals surface area contributed by atoms with E-state index in [1.165, 1.54) is 0 Å². The Labute approximate surface area is 109 Å². The minimum atomic E-state index is 0.121. The molecule has 1 atom stereocenters. The fourth-order valence-electron chi connectivity index (χ4n) is 1.83. The van der Waals surface area contributed by atoms with Gasteiger partial charge in [-0.1, -0.05) is 6.07 Å². The Balaban J connectivity index is 2.35. The SMILES string of the molecule is CNC(c1ccoc1)c1ccc(OC)c(Br)c1. The van der Waals surface area contributed by atoms with Gasteiger partial charge >= 0.3 is 0 Å². The Morgan fingerprint density at radius 3 is 2.65 bits per heavy atom. The monoisotopic (exact) mass is 295 g/mol. The molecule has 0 radical (unpaired) electrons. The van der Waals surface area contributed by atoms with E-state index in [1.54, 1.807) is 19.6 Å². The Morgan fingerprint density at radius 1 is 1.29 bits per heavy atom. The van der Waals surface area contributed by atoms with Gasteiger partial charge in [-0.25, -0.2) is 0 Å². The molecule has 1 N–H and O–H groups in total. The predicted octanol–water partition coefficient (Wildman–Crippen LogP) is 3.36. The molecule has 1 aromatic carbocycles. The maximum atomic E-state index is 5.22. The molecule has 17 heavy (non-hydrogen) atoms. The van der Waals surface area contributed by atoms with Crippen molar-refractivity contribution in [1.29, 1.82) is 0 Å². The van der Waals surface area contributed by atoms with Crippen molar-refractivity contribution in [1.82, 2.24) is 5.32 Å². The summed E-state index contributed by atoms with van der Waals surface area (Å²) in [5.74, 6) is 0.829. The van der Waals surface area contributed by atoms with E-state index in [-0.39, 0.29) is 6.04 Å². The number of nitrogens with one attached hydrogen (secondary N) is 1. The second-order valence-corrected chi connectivity index (χ2v) is 4.53. The molecule has 3 nitrogen and oxygen atoms in total. The van der Waals surface area contributed by atoms with Crippen LogP contribution in [0.5, 0.6) is 5.75 Å². The molecular formula is C13H14BrNO2. The minimum absolute atomic E-state index is 0.121. The lowest BCUT2D eigenvalue weighted by atomic mass is 10.0. The van der Waals surface area contributed by atoms with Gasteiger partial charge in [-0.15, -0.1) is 0 Å². The van der Waals surface area contributed by atoms with E-state index in [4.69, 9.17) is 9.15 Å². The molecule has 0 aliphatic carbocycles. The molecule has 0 fully saturated rings. The number of ether oxygens (including phenoxy) is 1. The number of hydrogen-bond donors (Lipinski definition) is 1. The fraction of sp³-hybridized carbons (Fsp3) is 0.231. The molecule has 0 bridgehead atoms. The van der Waals surface area contributed by atoms with Gasteiger partial charge in [0.15, 0.2) is 0 Å². The minimum Gasteiger partial charge on any atom is -0.496 e. The van der Waals surface area contributed by atoms with Gasteiger partial charge in [-0.3, -0.25) is 0 Å². The Hall–Kier alpha value is -1.26. The third-order valence-corrected chi connectivity index (χ3v) is 3.29. The zero-order chi connectivity index (χ0) is 12.3. The quantitative estimate of drug-likeness (QED) is 0.939. The van der Waals surface area contributed by atoms with Crippen LogP contribution < -0.4 is 10.1 Å². The van der Waals surface area contributed by atoms with Crippen LogP contribution in [0.15, 0.2) is 45.7 Å². The molecular weight excluding hydrogens is 282 g/mol. The lowest BCUT2D eigenvalue weighted by molar-refractivity contribution is 0.412. The summed E-state index contributed by atoms with van der Waals surface area (Å²) in [4.78, 5) is 0. The molecule has 0 aliphatic heterocycles. The summed E-state index contributed by atoms with van der Waals surface area (Å²) < 4.78 is 11.3. The van der Waals surface area contributed by atoms with E-state index in [9.17, 15) is 0 Å². The molecule has 0 aliphatic rings. The van der Waals surface area contributed by atoms with E-state index in [0.717, 1.165) is 21.3 Å². The molecule has 1 aromatic heterocycles. The summed E-state index contributed by atoms with van der Waals surface area (Å²) in [7, 11) is 3.58. The van der Waals surface area contributed by atoms with Crippen LogP contribution in [0, 0.1) is 0 Å². The van der Waals surface area contributed by atoms with E-state index < -0.39 is 0 Å². The van der Waals surface area contributed by atoms with Crippen LogP contribution in [0.4, 0.5) is 0 Å². The summed E-state index contributed by atoms with van der Waals surface area (Å²) in [6, 6.07) is 8.12. The third kappa shape index (κ3) is 2.53. The van der Waals surface area contributed by atoms with E-state index in [2.05, 4.69) is 21.2 Å². The van der Waals surface area contributed by atoms with Crippen LogP contribution in [0.2, 0.25) is 0 Å². The Kier molecular flexibility index (Phi) is 3.86. The standard InChI is InChI=1S/C13H14BrNO2/c1-15-13(10-5-6-17-8-10)9-3-4-12(16-2)11(14)7-9/h3-8,13,15H,1-2H3. The van der Waals surface area contributed by atoms with Crippen LogP contribution in [0.3, 0.4) is 0 Å². The molecule has 0 saturated carbocycles. The van der Waals surface area contributed by atoms with Gasteiger partial charge in [0.1, 0.15) is 5.75 Å². The first-order chi connectivity index (χ1) is 8.26. The molecule has 1 heterocycles. The number of halogens is 1. The smallest absolute Gasteiger partial charge is 0.133 e. The van der Waals surface area contributed by atoms with Gasteiger partial charge in [-0.2, -0.15) is 0 Å². The van der Waals surface area contributed by atoms with Crippen LogP contribution in [-0.2, 0) is 0 Å². The van der Waals surface area contributed by atoms with Crippen LogP contribution in [0.25, 0.3) is 0 Å². The number of benzene rings is 1. The summed E-state index contributed by atoms with van der Waals surface area (Å²) in [5, 5.41) is 3.26. The van der Waals surface area contributed by atoms with Gasteiger partial charge in [-0.05, 0) is 46.7 Å². The first-order valence-corrected chi connectivity index (χ1v) is 6.08. The van der Waals surface area contributed by atoms with Crippen molar-refractivity contribution in [2.75, 3.05) is 14.2 Å². The van der Waals surface area contributed by atoms with Crippen molar-refractivity contribution in [3.8, 4) is 5.75 Å². The largest absolute Gasteiger partial charge is 0.496 e. The van der Waals surface area contributed by atoms with Gasteiger partial charge in [0, 0.05) is 5.56 Å². The van der Waals surface area contributed by atoms with Crippen LogP contribution >= 0.6 is 15.9 Å². The maximum absolute atomic E-state index is 5.22. The third-order valence-electron chi connectivity index (χ3n) is 2.67. The van der Waals surface area contributed by atoms with Gasteiger partial charge in [0.05, 0.1) is 30.2 Å². The fourth-order valence-corrected chi connectivity index (χ4v) is 2.39. The van der Waals surface area contributed by atoms with E-state index >= 15 is 0 Å². The molecule has 0 saturated heterocycles. The number of furan rings is 1. The molecule has 90 valence electrons. The van der Waals surface area contributed by atoms with Crippen LogP contribution in [0.1, 0.15) is 17.2 Å². The Morgan fingerprint density at radius 2 is 2.12 bits per heavy atom. The summed E-state index contributed by atoms with van der Waals surface area (Å²) in [6.07, 6.45) is 3.43. The van der Waals surface area contributed by atoms with Crippen LogP contribution in [-0.4, -0.2) is 14.2 Å². The second-order valence-electron chi connectivity index (χ2n) is 3.67. The average Bonchev–Trinajstić information content (AvgIpc) is 2.84. The van der Waals surface area contributed by atoms with Crippen molar-refractivity contribution in [2.45, 2.75) is 6.04 Å². The highest BCUT2D eigenvalue weighted by molar-refractivity contribution is 9.10. The van der Waals surface area contributed by atoms with Crippen molar-refractivity contribution in [2.24, 2.45) is 0 Å².